The maximum absolute atomic E-state index is 12.6. The van der Waals surface area contributed by atoms with Crippen molar-refractivity contribution < 1.29 is 19.1 Å². The molecule has 1 fully saturated rings. The molecule has 0 radical (unpaired) electrons. The van der Waals surface area contributed by atoms with Gasteiger partial charge in [0.05, 0.1) is 12.2 Å². The highest BCUT2D eigenvalue weighted by Crippen LogP contribution is 2.28. The Morgan fingerprint density at radius 1 is 1.25 bits per heavy atom. The molecule has 1 unspecified atom stereocenters. The van der Waals surface area contributed by atoms with Gasteiger partial charge in [0, 0.05) is 18.5 Å². The summed E-state index contributed by atoms with van der Waals surface area (Å²) >= 11 is 0. The standard InChI is InChI=1S/C18H22N2O4/c1-18(2,3)24-10-11-4-5-13-12(8-11)9-20(17(13)23)14-6-7-15(21)19-16(14)22/h4-5,8,14H,6-7,9-10H2,1-3H3,(H,19,21,22). The number of imide groups is 1. The minimum Gasteiger partial charge on any atom is -0.371 e. The van der Waals surface area contributed by atoms with Crippen LogP contribution >= 0.6 is 0 Å². The van der Waals surface area contributed by atoms with E-state index in [2.05, 4.69) is 5.32 Å². The molecule has 128 valence electrons. The van der Waals surface area contributed by atoms with Crippen LogP contribution in [0.3, 0.4) is 0 Å². The van der Waals surface area contributed by atoms with Crippen LogP contribution in [0, 0.1) is 0 Å². The highest BCUT2D eigenvalue weighted by atomic mass is 16.5. The molecular formula is C18H22N2O4. The van der Waals surface area contributed by atoms with Gasteiger partial charge in [0.2, 0.25) is 11.8 Å². The Balaban J connectivity index is 1.75. The second-order valence-electron chi connectivity index (χ2n) is 7.29. The number of fused-ring (bicyclic) bond motifs is 1. The van der Waals surface area contributed by atoms with Crippen LogP contribution in [0.5, 0.6) is 0 Å². The number of hydrogen-bond donors (Lipinski definition) is 1. The first-order valence-corrected chi connectivity index (χ1v) is 8.15. The molecule has 0 saturated carbocycles. The van der Waals surface area contributed by atoms with E-state index in [0.717, 1.165) is 11.1 Å². The van der Waals surface area contributed by atoms with Gasteiger partial charge in [-0.05, 0) is 44.4 Å². The average molecular weight is 330 g/mol. The average Bonchev–Trinajstić information content (AvgIpc) is 2.81. The van der Waals surface area contributed by atoms with Crippen LogP contribution < -0.4 is 5.32 Å². The number of nitrogens with one attached hydrogen (secondary N) is 1. The van der Waals surface area contributed by atoms with Crippen molar-refractivity contribution in [2.75, 3.05) is 0 Å². The fourth-order valence-electron chi connectivity index (χ4n) is 3.02. The molecule has 1 N–H and O–H groups in total. The van der Waals surface area contributed by atoms with Crippen LogP contribution in [0.25, 0.3) is 0 Å². The quantitative estimate of drug-likeness (QED) is 0.857. The number of hydrogen-bond acceptors (Lipinski definition) is 4. The van der Waals surface area contributed by atoms with Gasteiger partial charge >= 0.3 is 0 Å². The molecule has 0 aliphatic carbocycles. The first-order valence-electron chi connectivity index (χ1n) is 8.15. The van der Waals surface area contributed by atoms with Crippen LogP contribution in [0.1, 0.15) is 55.1 Å². The third-order valence-corrected chi connectivity index (χ3v) is 4.26. The van der Waals surface area contributed by atoms with Gasteiger partial charge in [-0.3, -0.25) is 19.7 Å². The summed E-state index contributed by atoms with van der Waals surface area (Å²) in [7, 11) is 0. The van der Waals surface area contributed by atoms with Crippen molar-refractivity contribution in [3.05, 3.63) is 34.9 Å². The SMILES string of the molecule is CC(C)(C)OCc1ccc2c(c1)CN(C1CCC(=O)NC1=O)C2=O. The second-order valence-corrected chi connectivity index (χ2v) is 7.29. The molecule has 3 amide bonds. The number of rotatable bonds is 3. The zero-order valence-electron chi connectivity index (χ0n) is 14.2. The van der Waals surface area contributed by atoms with E-state index in [4.69, 9.17) is 4.74 Å². The van der Waals surface area contributed by atoms with E-state index < -0.39 is 6.04 Å². The Hall–Kier alpha value is -2.21. The Kier molecular flexibility index (Phi) is 4.17. The maximum Gasteiger partial charge on any atom is 0.255 e. The molecule has 0 aromatic heterocycles. The van der Waals surface area contributed by atoms with E-state index in [0.29, 0.717) is 25.1 Å². The molecule has 6 nitrogen and oxygen atoms in total. The van der Waals surface area contributed by atoms with Crippen LogP contribution in [-0.2, 0) is 27.5 Å². The summed E-state index contributed by atoms with van der Waals surface area (Å²) in [5, 5.41) is 2.31. The summed E-state index contributed by atoms with van der Waals surface area (Å²) in [6.07, 6.45) is 0.644. The summed E-state index contributed by atoms with van der Waals surface area (Å²) in [5.74, 6) is -0.812. The predicted molar refractivity (Wildman–Crippen MR) is 87.0 cm³/mol. The van der Waals surface area contributed by atoms with Crippen molar-refractivity contribution in [2.24, 2.45) is 0 Å². The van der Waals surface area contributed by atoms with Gasteiger partial charge in [-0.2, -0.15) is 0 Å². The minimum atomic E-state index is -0.572. The van der Waals surface area contributed by atoms with Crippen LogP contribution in [-0.4, -0.2) is 34.3 Å². The van der Waals surface area contributed by atoms with E-state index >= 15 is 0 Å². The number of nitrogens with zero attached hydrogens (tertiary/aromatic N) is 1. The topological polar surface area (TPSA) is 75.7 Å². The number of ether oxygens (including phenoxy) is 1. The van der Waals surface area contributed by atoms with E-state index in [-0.39, 0.29) is 29.7 Å². The predicted octanol–water partition coefficient (Wildman–Crippen LogP) is 1.76. The monoisotopic (exact) mass is 330 g/mol. The zero-order valence-corrected chi connectivity index (χ0v) is 14.2. The van der Waals surface area contributed by atoms with Crippen LogP contribution in [0.4, 0.5) is 0 Å². The normalized spacial score (nSPS) is 21.0. The lowest BCUT2D eigenvalue weighted by Gasteiger charge is -2.29. The number of carbonyl (C=O) groups excluding carboxylic acids is 3. The second kappa shape index (κ2) is 6.02. The lowest BCUT2D eigenvalue weighted by molar-refractivity contribution is -0.136. The largest absolute Gasteiger partial charge is 0.371 e. The smallest absolute Gasteiger partial charge is 0.255 e. The summed E-state index contributed by atoms with van der Waals surface area (Å²) in [5.41, 5.74) is 2.30. The van der Waals surface area contributed by atoms with Gasteiger partial charge in [-0.25, -0.2) is 0 Å². The zero-order chi connectivity index (χ0) is 17.5. The third-order valence-electron chi connectivity index (χ3n) is 4.26. The third kappa shape index (κ3) is 3.33. The Labute approximate surface area is 141 Å². The number of amides is 3. The molecule has 0 spiro atoms. The van der Waals surface area contributed by atoms with E-state index in [1.54, 1.807) is 11.0 Å². The molecule has 24 heavy (non-hydrogen) atoms. The summed E-state index contributed by atoms with van der Waals surface area (Å²) < 4.78 is 5.77. The Morgan fingerprint density at radius 3 is 2.67 bits per heavy atom. The van der Waals surface area contributed by atoms with Gasteiger partial charge in [0.1, 0.15) is 6.04 Å². The molecule has 1 aromatic carbocycles. The molecule has 2 heterocycles. The Morgan fingerprint density at radius 2 is 2.00 bits per heavy atom. The lowest BCUT2D eigenvalue weighted by Crippen LogP contribution is -2.52. The maximum atomic E-state index is 12.6. The number of piperidine rings is 1. The molecule has 1 aromatic rings. The van der Waals surface area contributed by atoms with E-state index in [1.807, 2.05) is 32.9 Å². The molecular weight excluding hydrogens is 308 g/mol. The van der Waals surface area contributed by atoms with Crippen molar-refractivity contribution in [2.45, 2.75) is 58.4 Å². The lowest BCUT2D eigenvalue weighted by atomic mass is 10.0. The molecule has 3 rings (SSSR count). The fraction of sp³-hybridized carbons (Fsp3) is 0.500. The van der Waals surface area contributed by atoms with Crippen LogP contribution in [0.2, 0.25) is 0 Å². The van der Waals surface area contributed by atoms with Gasteiger partial charge < -0.3 is 9.64 Å². The first kappa shape index (κ1) is 16.6. The van der Waals surface area contributed by atoms with Crippen LogP contribution in [0.15, 0.2) is 18.2 Å². The minimum absolute atomic E-state index is 0.150. The molecule has 1 saturated heterocycles. The van der Waals surface area contributed by atoms with E-state index in [1.165, 1.54) is 0 Å². The van der Waals surface area contributed by atoms with E-state index in [9.17, 15) is 14.4 Å². The first-order chi connectivity index (χ1) is 11.2. The van der Waals surface area contributed by atoms with Crippen molar-refractivity contribution in [1.29, 1.82) is 0 Å². The van der Waals surface area contributed by atoms with Crippen molar-refractivity contribution in [3.63, 3.8) is 0 Å². The fourth-order valence-corrected chi connectivity index (χ4v) is 3.02. The highest BCUT2D eigenvalue weighted by molar-refractivity contribution is 6.05. The number of carbonyl (C=O) groups is 3. The van der Waals surface area contributed by atoms with Crippen molar-refractivity contribution >= 4 is 17.7 Å². The van der Waals surface area contributed by atoms with Gasteiger partial charge in [0.15, 0.2) is 0 Å². The summed E-state index contributed by atoms with van der Waals surface area (Å²) in [4.78, 5) is 37.4. The molecule has 1 atom stereocenters. The molecule has 2 aliphatic rings. The molecule has 0 bridgehead atoms. The van der Waals surface area contributed by atoms with Gasteiger partial charge in [-0.15, -0.1) is 0 Å². The van der Waals surface area contributed by atoms with Gasteiger partial charge in [-0.1, -0.05) is 12.1 Å². The highest BCUT2D eigenvalue weighted by Gasteiger charge is 2.39. The number of benzene rings is 1. The Bertz CT molecular complexity index is 705. The molecule has 6 heteroatoms. The van der Waals surface area contributed by atoms with Crippen molar-refractivity contribution in [3.8, 4) is 0 Å². The summed E-state index contributed by atoms with van der Waals surface area (Å²) in [6.45, 7) is 6.85. The molecule has 2 aliphatic heterocycles. The summed E-state index contributed by atoms with van der Waals surface area (Å²) in [6, 6.07) is 5.07. The van der Waals surface area contributed by atoms with Crippen molar-refractivity contribution in [1.82, 2.24) is 10.2 Å². The van der Waals surface area contributed by atoms with Gasteiger partial charge in [0.25, 0.3) is 5.91 Å².